The molecule has 0 saturated heterocycles. The number of hydrogen-bond acceptors (Lipinski definition) is 2. The number of hydrogen-bond donors (Lipinski definition) is 1. The lowest BCUT2D eigenvalue weighted by Gasteiger charge is -2.20. The van der Waals surface area contributed by atoms with Gasteiger partial charge in [0.1, 0.15) is 12.1 Å². The highest BCUT2D eigenvalue weighted by molar-refractivity contribution is 5.64. The maximum absolute atomic E-state index is 12.8. The van der Waals surface area contributed by atoms with Gasteiger partial charge in [-0.3, -0.25) is 0 Å². The van der Waals surface area contributed by atoms with Gasteiger partial charge in [0.25, 0.3) is 0 Å². The maximum atomic E-state index is 12.8. The van der Waals surface area contributed by atoms with Crippen molar-refractivity contribution in [2.45, 2.75) is 12.3 Å². The molecule has 1 aromatic carbocycles. The van der Waals surface area contributed by atoms with Crippen LogP contribution in [0.3, 0.4) is 0 Å². The fourth-order valence-corrected chi connectivity index (χ4v) is 1.58. The van der Waals surface area contributed by atoms with Crippen LogP contribution in [-0.2, 0) is 4.79 Å². The predicted molar refractivity (Wildman–Crippen MR) is 60.5 cm³/mol. The van der Waals surface area contributed by atoms with Gasteiger partial charge in [-0.05, 0) is 17.7 Å². The number of carboxylic acid groups (broad SMARTS) is 1. The van der Waals surface area contributed by atoms with Crippen molar-refractivity contribution in [3.63, 3.8) is 0 Å². The van der Waals surface area contributed by atoms with Crippen LogP contribution in [0.25, 0.3) is 0 Å². The van der Waals surface area contributed by atoms with Gasteiger partial charge in [-0.1, -0.05) is 12.1 Å². The van der Waals surface area contributed by atoms with E-state index in [9.17, 15) is 14.0 Å². The minimum Gasteiger partial charge on any atom is -0.465 e. The molecule has 0 radical (unpaired) electrons. The van der Waals surface area contributed by atoms with Crippen LogP contribution < -0.4 is 0 Å². The van der Waals surface area contributed by atoms with Crippen molar-refractivity contribution in [3.05, 3.63) is 35.6 Å². The highest BCUT2D eigenvalue weighted by Crippen LogP contribution is 2.20. The molecule has 0 aliphatic heterocycles. The van der Waals surface area contributed by atoms with Crippen molar-refractivity contribution in [1.29, 1.82) is 0 Å². The van der Waals surface area contributed by atoms with Gasteiger partial charge >= 0.3 is 6.09 Å². The van der Waals surface area contributed by atoms with Crippen LogP contribution in [0.1, 0.15) is 17.9 Å². The molecule has 0 aliphatic rings. The van der Waals surface area contributed by atoms with Gasteiger partial charge in [0.15, 0.2) is 0 Å². The number of carbonyl (C=O) groups is 2. The minimum atomic E-state index is -1.05. The van der Waals surface area contributed by atoms with Crippen molar-refractivity contribution in [2.75, 3.05) is 13.6 Å². The summed E-state index contributed by atoms with van der Waals surface area (Å²) < 4.78 is 12.8. The summed E-state index contributed by atoms with van der Waals surface area (Å²) in [5.41, 5.74) is 0.756. The van der Waals surface area contributed by atoms with Gasteiger partial charge in [0.05, 0.1) is 0 Å². The molecule has 1 atom stereocenters. The molecule has 5 heteroatoms. The first-order valence-corrected chi connectivity index (χ1v) is 5.17. The molecule has 1 amide bonds. The monoisotopic (exact) mass is 239 g/mol. The molecule has 0 heterocycles. The van der Waals surface area contributed by atoms with Gasteiger partial charge in [-0.2, -0.15) is 0 Å². The summed E-state index contributed by atoms with van der Waals surface area (Å²) in [4.78, 5) is 22.4. The van der Waals surface area contributed by atoms with E-state index in [0.717, 1.165) is 16.7 Å². The Morgan fingerprint density at radius 3 is 2.53 bits per heavy atom. The normalized spacial score (nSPS) is 11.9. The molecule has 0 bridgehead atoms. The van der Waals surface area contributed by atoms with Crippen LogP contribution in [-0.4, -0.2) is 36.0 Å². The lowest BCUT2D eigenvalue weighted by molar-refractivity contribution is -0.108. The van der Waals surface area contributed by atoms with E-state index < -0.39 is 6.09 Å². The molecule has 1 rings (SSSR count). The van der Waals surface area contributed by atoms with E-state index >= 15 is 0 Å². The number of carbonyl (C=O) groups excluding carboxylic acids is 1. The van der Waals surface area contributed by atoms with Gasteiger partial charge in [0, 0.05) is 25.9 Å². The Morgan fingerprint density at radius 1 is 1.47 bits per heavy atom. The predicted octanol–water partition coefficient (Wildman–Crippen LogP) is 2.11. The molecule has 1 aromatic rings. The van der Waals surface area contributed by atoms with Crippen LogP contribution in [0, 0.1) is 5.82 Å². The third kappa shape index (κ3) is 3.86. The molecular formula is C12H14FNO3. The first-order chi connectivity index (χ1) is 8.04. The van der Waals surface area contributed by atoms with Crippen molar-refractivity contribution in [1.82, 2.24) is 4.90 Å². The second kappa shape index (κ2) is 5.98. The molecule has 0 unspecified atom stereocenters. The van der Waals surface area contributed by atoms with Gasteiger partial charge in [-0.15, -0.1) is 0 Å². The topological polar surface area (TPSA) is 57.6 Å². The Hall–Kier alpha value is -1.91. The summed E-state index contributed by atoms with van der Waals surface area (Å²) >= 11 is 0. The average Bonchev–Trinajstić information content (AvgIpc) is 2.29. The van der Waals surface area contributed by atoms with Crippen LogP contribution in [0.2, 0.25) is 0 Å². The van der Waals surface area contributed by atoms with E-state index in [1.54, 1.807) is 12.1 Å². The number of benzene rings is 1. The van der Waals surface area contributed by atoms with Gasteiger partial charge in [-0.25, -0.2) is 9.18 Å². The fraction of sp³-hybridized carbons (Fsp3) is 0.333. The number of nitrogens with zero attached hydrogens (tertiary/aromatic N) is 1. The van der Waals surface area contributed by atoms with Crippen LogP contribution in [0.4, 0.5) is 9.18 Å². The third-order valence-corrected chi connectivity index (χ3v) is 2.54. The molecule has 92 valence electrons. The molecule has 0 aliphatic carbocycles. The zero-order valence-electron chi connectivity index (χ0n) is 9.47. The van der Waals surface area contributed by atoms with Crippen molar-refractivity contribution < 1.29 is 19.1 Å². The van der Waals surface area contributed by atoms with Crippen LogP contribution in [0.15, 0.2) is 24.3 Å². The quantitative estimate of drug-likeness (QED) is 0.800. The Labute approximate surface area is 98.7 Å². The van der Waals surface area contributed by atoms with E-state index in [4.69, 9.17) is 5.11 Å². The van der Waals surface area contributed by atoms with Crippen LogP contribution in [0.5, 0.6) is 0 Å². The number of rotatable bonds is 5. The van der Waals surface area contributed by atoms with E-state index in [1.807, 2.05) is 0 Å². The zero-order valence-corrected chi connectivity index (χ0v) is 9.47. The van der Waals surface area contributed by atoms with Gasteiger partial charge < -0.3 is 14.8 Å². The number of aldehydes is 1. The van der Waals surface area contributed by atoms with Crippen molar-refractivity contribution >= 4 is 12.4 Å². The van der Waals surface area contributed by atoms with E-state index in [0.29, 0.717) is 0 Å². The second-order valence-corrected chi connectivity index (χ2v) is 3.81. The number of amides is 1. The first kappa shape index (κ1) is 13.2. The standard InChI is InChI=1S/C12H14FNO3/c1-14(12(16)17)8-10(6-7-15)9-2-4-11(13)5-3-9/h2-5,7,10H,6,8H2,1H3,(H,16,17)/t10-/m1/s1. The Morgan fingerprint density at radius 2 is 2.06 bits per heavy atom. The molecule has 1 N–H and O–H groups in total. The largest absolute Gasteiger partial charge is 0.465 e. The lowest BCUT2D eigenvalue weighted by Crippen LogP contribution is -2.29. The molecule has 0 spiro atoms. The van der Waals surface area contributed by atoms with E-state index in [-0.39, 0.29) is 24.7 Å². The first-order valence-electron chi connectivity index (χ1n) is 5.17. The highest BCUT2D eigenvalue weighted by atomic mass is 19.1. The number of likely N-dealkylation sites (N-methyl/N-ethyl adjacent to an activating group) is 1. The van der Waals surface area contributed by atoms with Crippen molar-refractivity contribution in [3.8, 4) is 0 Å². The van der Waals surface area contributed by atoms with Crippen LogP contribution >= 0.6 is 0 Å². The summed E-state index contributed by atoms with van der Waals surface area (Å²) in [6.07, 6.45) is -0.101. The summed E-state index contributed by atoms with van der Waals surface area (Å²) in [6.45, 7) is 0.208. The Kier molecular flexibility index (Phi) is 4.63. The summed E-state index contributed by atoms with van der Waals surface area (Å²) in [6, 6.07) is 5.74. The SMILES string of the molecule is CN(C[C@@H](CC=O)c1ccc(F)cc1)C(=O)O. The van der Waals surface area contributed by atoms with E-state index in [1.165, 1.54) is 19.2 Å². The fourth-order valence-electron chi connectivity index (χ4n) is 1.58. The maximum Gasteiger partial charge on any atom is 0.407 e. The van der Waals surface area contributed by atoms with E-state index in [2.05, 4.69) is 0 Å². The third-order valence-electron chi connectivity index (χ3n) is 2.54. The minimum absolute atomic E-state index is 0.208. The Balaban J connectivity index is 2.81. The lowest BCUT2D eigenvalue weighted by atomic mass is 9.96. The smallest absolute Gasteiger partial charge is 0.407 e. The molecule has 0 fully saturated rings. The zero-order chi connectivity index (χ0) is 12.8. The molecule has 0 saturated carbocycles. The summed E-state index contributed by atoms with van der Waals surface area (Å²) in [7, 11) is 1.43. The molecule has 0 aromatic heterocycles. The molecular weight excluding hydrogens is 225 g/mol. The number of halogens is 1. The van der Waals surface area contributed by atoms with Crippen molar-refractivity contribution in [2.24, 2.45) is 0 Å². The highest BCUT2D eigenvalue weighted by Gasteiger charge is 2.16. The average molecular weight is 239 g/mol. The Bertz CT molecular complexity index is 391. The second-order valence-electron chi connectivity index (χ2n) is 3.81. The summed E-state index contributed by atoms with van der Waals surface area (Å²) in [5.74, 6) is -0.598. The summed E-state index contributed by atoms with van der Waals surface area (Å²) in [5, 5.41) is 8.77. The molecule has 17 heavy (non-hydrogen) atoms. The molecule has 4 nitrogen and oxygen atoms in total. The van der Waals surface area contributed by atoms with Gasteiger partial charge in [0.2, 0.25) is 0 Å².